The second-order valence-electron chi connectivity index (χ2n) is 5.43. The van der Waals surface area contributed by atoms with Crippen LogP contribution in [-0.4, -0.2) is 4.57 Å². The van der Waals surface area contributed by atoms with Crippen molar-refractivity contribution in [3.63, 3.8) is 0 Å². The predicted molar refractivity (Wildman–Crippen MR) is 73.6 cm³/mol. The first kappa shape index (κ1) is 12.0. The highest BCUT2D eigenvalue weighted by atomic mass is 35.5. The summed E-state index contributed by atoms with van der Waals surface area (Å²) in [5, 5.41) is 1.10. The van der Waals surface area contributed by atoms with Gasteiger partial charge < -0.3 is 4.57 Å². The highest BCUT2D eigenvalue weighted by Gasteiger charge is 2.22. The van der Waals surface area contributed by atoms with Crippen molar-refractivity contribution in [1.82, 2.24) is 4.57 Å². The Morgan fingerprint density at radius 1 is 1.22 bits per heavy atom. The van der Waals surface area contributed by atoms with Crippen LogP contribution in [-0.2, 0) is 0 Å². The molecule has 0 radical (unpaired) electrons. The Hall–Kier alpha value is -1.02. The van der Waals surface area contributed by atoms with Crippen LogP contribution in [0.2, 0.25) is 5.02 Å². The Morgan fingerprint density at radius 3 is 2.67 bits per heavy atom. The molecule has 1 aliphatic carbocycles. The number of benzene rings is 1. The smallest absolute Gasteiger partial charge is 0.134 e. The van der Waals surface area contributed by atoms with Gasteiger partial charge in [-0.2, -0.15) is 0 Å². The molecular formula is C15H17ClFN. The van der Waals surface area contributed by atoms with E-state index in [1.54, 1.807) is 6.07 Å². The number of hydrogen-bond donors (Lipinski definition) is 0. The molecule has 1 saturated carbocycles. The molecule has 1 nitrogen and oxygen atoms in total. The van der Waals surface area contributed by atoms with E-state index in [0.29, 0.717) is 16.5 Å². The normalized spacial score (nSPS) is 24.6. The van der Waals surface area contributed by atoms with E-state index in [2.05, 4.69) is 11.5 Å². The first-order chi connectivity index (χ1) is 8.66. The zero-order valence-corrected chi connectivity index (χ0v) is 11.3. The van der Waals surface area contributed by atoms with Crippen LogP contribution in [0.4, 0.5) is 4.39 Å². The van der Waals surface area contributed by atoms with Crippen LogP contribution in [0.5, 0.6) is 0 Å². The van der Waals surface area contributed by atoms with E-state index >= 15 is 0 Å². The lowest BCUT2D eigenvalue weighted by atomic mass is 9.87. The van der Waals surface area contributed by atoms with Crippen LogP contribution in [0, 0.1) is 11.7 Å². The SMILES string of the molecule is CC1CCC(n2cc(Cl)c3c(F)cccc32)CC1. The number of halogens is 2. The minimum Gasteiger partial charge on any atom is -0.343 e. The first-order valence-corrected chi connectivity index (χ1v) is 6.99. The summed E-state index contributed by atoms with van der Waals surface area (Å²) in [6, 6.07) is 5.66. The van der Waals surface area contributed by atoms with Crippen molar-refractivity contribution in [2.45, 2.75) is 38.6 Å². The molecule has 2 aromatic rings. The molecule has 0 saturated heterocycles. The Morgan fingerprint density at radius 2 is 1.94 bits per heavy atom. The van der Waals surface area contributed by atoms with Crippen LogP contribution < -0.4 is 0 Å². The van der Waals surface area contributed by atoms with Gasteiger partial charge in [0.25, 0.3) is 0 Å². The number of aromatic nitrogens is 1. The maximum atomic E-state index is 13.8. The second kappa shape index (κ2) is 4.58. The topological polar surface area (TPSA) is 4.93 Å². The van der Waals surface area contributed by atoms with Crippen molar-refractivity contribution in [1.29, 1.82) is 0 Å². The average Bonchev–Trinajstić information content (AvgIpc) is 2.69. The van der Waals surface area contributed by atoms with Crippen LogP contribution in [0.1, 0.15) is 38.6 Å². The highest BCUT2D eigenvalue weighted by Crippen LogP contribution is 2.37. The summed E-state index contributed by atoms with van der Waals surface area (Å²) in [4.78, 5) is 0. The van der Waals surface area contributed by atoms with E-state index < -0.39 is 0 Å². The molecule has 0 spiro atoms. The molecule has 0 N–H and O–H groups in total. The number of rotatable bonds is 1. The van der Waals surface area contributed by atoms with E-state index in [0.717, 1.165) is 24.3 Å². The van der Waals surface area contributed by atoms with E-state index in [1.807, 2.05) is 12.3 Å². The summed E-state index contributed by atoms with van der Waals surface area (Å²) in [7, 11) is 0. The molecule has 0 aliphatic heterocycles. The van der Waals surface area contributed by atoms with Crippen molar-refractivity contribution in [3.8, 4) is 0 Å². The molecular weight excluding hydrogens is 249 g/mol. The molecule has 0 unspecified atom stereocenters. The Bertz CT molecular complexity index is 567. The number of nitrogens with zero attached hydrogens (tertiary/aromatic N) is 1. The fourth-order valence-corrected chi connectivity index (χ4v) is 3.34. The summed E-state index contributed by atoms with van der Waals surface area (Å²) in [6.45, 7) is 2.30. The van der Waals surface area contributed by atoms with E-state index in [4.69, 9.17) is 11.6 Å². The van der Waals surface area contributed by atoms with Crippen molar-refractivity contribution in [3.05, 3.63) is 35.2 Å². The predicted octanol–water partition coefficient (Wildman–Crippen LogP) is 5.19. The zero-order chi connectivity index (χ0) is 12.7. The fraction of sp³-hybridized carbons (Fsp3) is 0.467. The minimum atomic E-state index is -0.222. The maximum absolute atomic E-state index is 13.8. The van der Waals surface area contributed by atoms with Gasteiger partial charge in [-0.25, -0.2) is 4.39 Å². The van der Waals surface area contributed by atoms with Gasteiger partial charge in [-0.15, -0.1) is 0 Å². The van der Waals surface area contributed by atoms with Gasteiger partial charge in [0.05, 0.1) is 15.9 Å². The van der Waals surface area contributed by atoms with Crippen molar-refractivity contribution < 1.29 is 4.39 Å². The maximum Gasteiger partial charge on any atom is 0.134 e. The van der Waals surface area contributed by atoms with Crippen LogP contribution in [0.15, 0.2) is 24.4 Å². The molecule has 3 heteroatoms. The fourth-order valence-electron chi connectivity index (χ4n) is 3.04. The number of fused-ring (bicyclic) bond motifs is 1. The summed E-state index contributed by atoms with van der Waals surface area (Å²) >= 11 is 6.17. The largest absolute Gasteiger partial charge is 0.343 e. The average molecular weight is 266 g/mol. The molecule has 1 aromatic carbocycles. The molecule has 0 bridgehead atoms. The Balaban J connectivity index is 2.05. The van der Waals surface area contributed by atoms with E-state index in [1.165, 1.54) is 18.9 Å². The van der Waals surface area contributed by atoms with Crippen molar-refractivity contribution in [2.75, 3.05) is 0 Å². The number of hydrogen-bond acceptors (Lipinski definition) is 0. The van der Waals surface area contributed by atoms with Crippen LogP contribution in [0.3, 0.4) is 0 Å². The van der Waals surface area contributed by atoms with Gasteiger partial charge in [-0.1, -0.05) is 24.6 Å². The lowest BCUT2D eigenvalue weighted by Crippen LogP contribution is -2.15. The minimum absolute atomic E-state index is 0.222. The third-order valence-corrected chi connectivity index (χ3v) is 4.43. The molecule has 1 heterocycles. The molecule has 1 aliphatic rings. The summed E-state index contributed by atoms with van der Waals surface area (Å²) < 4.78 is 16.0. The molecule has 0 amide bonds. The van der Waals surface area contributed by atoms with E-state index in [9.17, 15) is 4.39 Å². The third kappa shape index (κ3) is 1.93. The monoisotopic (exact) mass is 265 g/mol. The van der Waals surface area contributed by atoms with Gasteiger partial charge in [0, 0.05) is 12.2 Å². The van der Waals surface area contributed by atoms with Crippen molar-refractivity contribution >= 4 is 22.5 Å². The van der Waals surface area contributed by atoms with Gasteiger partial charge in [0.2, 0.25) is 0 Å². The van der Waals surface area contributed by atoms with Crippen LogP contribution >= 0.6 is 11.6 Å². The Kier molecular flexibility index (Phi) is 3.06. The van der Waals surface area contributed by atoms with E-state index in [-0.39, 0.29) is 5.82 Å². The van der Waals surface area contributed by atoms with Gasteiger partial charge in [-0.05, 0) is 43.7 Å². The quantitative estimate of drug-likeness (QED) is 0.669. The molecule has 18 heavy (non-hydrogen) atoms. The molecule has 96 valence electrons. The van der Waals surface area contributed by atoms with Crippen molar-refractivity contribution in [2.24, 2.45) is 5.92 Å². The van der Waals surface area contributed by atoms with Gasteiger partial charge in [-0.3, -0.25) is 0 Å². The highest BCUT2D eigenvalue weighted by molar-refractivity contribution is 6.35. The van der Waals surface area contributed by atoms with Gasteiger partial charge in [0.1, 0.15) is 5.82 Å². The van der Waals surface area contributed by atoms with Gasteiger partial charge >= 0.3 is 0 Å². The molecule has 0 atom stereocenters. The molecule has 1 aromatic heterocycles. The standard InChI is InChI=1S/C15H17ClFN/c1-10-5-7-11(8-6-10)18-9-12(16)15-13(17)3-2-4-14(15)18/h2-4,9-11H,5-8H2,1H3. The Labute approximate surface area is 112 Å². The molecule has 3 rings (SSSR count). The van der Waals surface area contributed by atoms with Gasteiger partial charge in [0.15, 0.2) is 0 Å². The third-order valence-electron chi connectivity index (χ3n) is 4.14. The van der Waals surface area contributed by atoms with Crippen LogP contribution in [0.25, 0.3) is 10.9 Å². The molecule has 1 fully saturated rings. The lowest BCUT2D eigenvalue weighted by molar-refractivity contribution is 0.294. The zero-order valence-electron chi connectivity index (χ0n) is 10.5. The first-order valence-electron chi connectivity index (χ1n) is 6.61. The lowest BCUT2D eigenvalue weighted by Gasteiger charge is -2.28. The second-order valence-corrected chi connectivity index (χ2v) is 5.84. The summed E-state index contributed by atoms with van der Waals surface area (Å²) in [5.41, 5.74) is 0.930. The summed E-state index contributed by atoms with van der Waals surface area (Å²) in [6.07, 6.45) is 6.72. The summed E-state index contributed by atoms with van der Waals surface area (Å²) in [5.74, 6) is 0.593.